The average Bonchev–Trinajstić information content (AvgIpc) is 2.58. The second-order valence-electron chi connectivity index (χ2n) is 4.55. The second kappa shape index (κ2) is 7.68. The number of nitro benzene ring substituents is 1. The third-order valence-electron chi connectivity index (χ3n) is 2.84. The molecule has 0 aliphatic carbocycles. The maximum Gasteiger partial charge on any atom is 0.276 e. The molecule has 0 bridgehead atoms. The summed E-state index contributed by atoms with van der Waals surface area (Å²) in [5.41, 5.74) is 4.35. The van der Waals surface area contributed by atoms with Gasteiger partial charge in [-0.1, -0.05) is 0 Å². The van der Waals surface area contributed by atoms with Crippen molar-refractivity contribution in [3.05, 3.63) is 70.0 Å². The molecule has 0 saturated heterocycles. The van der Waals surface area contributed by atoms with Gasteiger partial charge in [-0.2, -0.15) is 0 Å². The highest BCUT2D eigenvalue weighted by Crippen LogP contribution is 2.16. The molecule has 0 unspecified atom stereocenters. The Balaban J connectivity index is 1.77. The van der Waals surface area contributed by atoms with E-state index in [0.717, 1.165) is 12.1 Å². The third-order valence-corrected chi connectivity index (χ3v) is 2.84. The number of nitro groups is 1. The standard InChI is InChI=1S/C15H12FN3O5/c16-11-3-1-10(2-4-11)15(21)18-17-14(20)9-24-13-7-5-12(6-8-13)19(22)23/h1-8H,9H2,(H,17,20)(H,18,21). The van der Waals surface area contributed by atoms with Crippen LogP contribution in [0.4, 0.5) is 10.1 Å². The van der Waals surface area contributed by atoms with Gasteiger partial charge in [0, 0.05) is 17.7 Å². The van der Waals surface area contributed by atoms with Crippen molar-refractivity contribution in [2.24, 2.45) is 0 Å². The first kappa shape index (κ1) is 16.9. The smallest absolute Gasteiger partial charge is 0.276 e. The minimum Gasteiger partial charge on any atom is -0.484 e. The number of ether oxygens (including phenoxy) is 1. The average molecular weight is 333 g/mol. The number of nitrogens with one attached hydrogen (secondary N) is 2. The van der Waals surface area contributed by atoms with Crippen LogP contribution < -0.4 is 15.6 Å². The van der Waals surface area contributed by atoms with Gasteiger partial charge in [-0.15, -0.1) is 0 Å². The van der Waals surface area contributed by atoms with Gasteiger partial charge in [-0.25, -0.2) is 4.39 Å². The number of carbonyl (C=O) groups excluding carboxylic acids is 2. The van der Waals surface area contributed by atoms with Crippen molar-refractivity contribution in [2.75, 3.05) is 6.61 Å². The SMILES string of the molecule is O=C(COc1ccc([N+](=O)[O-])cc1)NNC(=O)c1ccc(F)cc1. The predicted octanol–water partition coefficient (Wildman–Crippen LogP) is 1.57. The number of benzene rings is 2. The van der Waals surface area contributed by atoms with Crippen molar-refractivity contribution >= 4 is 17.5 Å². The summed E-state index contributed by atoms with van der Waals surface area (Å²) in [7, 11) is 0. The summed E-state index contributed by atoms with van der Waals surface area (Å²) in [6.07, 6.45) is 0. The number of hydrogen-bond donors (Lipinski definition) is 2. The molecule has 2 amide bonds. The number of amides is 2. The van der Waals surface area contributed by atoms with Gasteiger partial charge < -0.3 is 4.74 Å². The zero-order valence-electron chi connectivity index (χ0n) is 12.2. The highest BCUT2D eigenvalue weighted by Gasteiger charge is 2.09. The van der Waals surface area contributed by atoms with Gasteiger partial charge in [0.1, 0.15) is 11.6 Å². The Bertz CT molecular complexity index is 747. The molecule has 0 heterocycles. The molecule has 0 spiro atoms. The van der Waals surface area contributed by atoms with Crippen molar-refractivity contribution < 1.29 is 23.6 Å². The van der Waals surface area contributed by atoms with E-state index in [1.54, 1.807) is 0 Å². The second-order valence-corrected chi connectivity index (χ2v) is 4.55. The number of hydrogen-bond acceptors (Lipinski definition) is 5. The van der Waals surface area contributed by atoms with Crippen LogP contribution in [0.3, 0.4) is 0 Å². The minimum atomic E-state index is -0.635. The van der Waals surface area contributed by atoms with Crippen LogP contribution in [-0.4, -0.2) is 23.3 Å². The van der Waals surface area contributed by atoms with E-state index < -0.39 is 29.2 Å². The van der Waals surface area contributed by atoms with Crippen molar-refractivity contribution in [3.8, 4) is 5.75 Å². The molecule has 2 aromatic carbocycles. The number of rotatable bonds is 5. The van der Waals surface area contributed by atoms with E-state index in [1.165, 1.54) is 36.4 Å². The molecule has 0 atom stereocenters. The largest absolute Gasteiger partial charge is 0.484 e. The van der Waals surface area contributed by atoms with E-state index in [0.29, 0.717) is 0 Å². The summed E-state index contributed by atoms with van der Waals surface area (Å²) in [6.45, 7) is -0.401. The molecule has 2 aromatic rings. The third kappa shape index (κ3) is 4.77. The molecule has 2 rings (SSSR count). The first-order valence-electron chi connectivity index (χ1n) is 6.68. The zero-order valence-corrected chi connectivity index (χ0v) is 12.2. The van der Waals surface area contributed by atoms with Crippen LogP contribution in [0, 0.1) is 15.9 Å². The molecular formula is C15H12FN3O5. The van der Waals surface area contributed by atoms with E-state index in [-0.39, 0.29) is 17.0 Å². The van der Waals surface area contributed by atoms with E-state index in [1.807, 2.05) is 0 Å². The molecule has 2 N–H and O–H groups in total. The monoisotopic (exact) mass is 333 g/mol. The van der Waals surface area contributed by atoms with E-state index in [2.05, 4.69) is 10.9 Å². The topological polar surface area (TPSA) is 111 Å². The summed E-state index contributed by atoms with van der Waals surface area (Å²) >= 11 is 0. The molecule has 0 fully saturated rings. The summed E-state index contributed by atoms with van der Waals surface area (Å²) in [5.74, 6) is -1.46. The van der Waals surface area contributed by atoms with Crippen molar-refractivity contribution in [1.82, 2.24) is 10.9 Å². The maximum absolute atomic E-state index is 12.7. The minimum absolute atomic E-state index is 0.0987. The Morgan fingerprint density at radius 3 is 2.25 bits per heavy atom. The lowest BCUT2D eigenvalue weighted by molar-refractivity contribution is -0.384. The fourth-order valence-corrected chi connectivity index (χ4v) is 1.65. The van der Waals surface area contributed by atoms with Gasteiger partial charge in [0.25, 0.3) is 17.5 Å². The van der Waals surface area contributed by atoms with E-state index in [9.17, 15) is 24.1 Å². The normalized spacial score (nSPS) is 9.88. The predicted molar refractivity (Wildman–Crippen MR) is 80.6 cm³/mol. The molecule has 0 aromatic heterocycles. The number of halogens is 1. The van der Waals surface area contributed by atoms with Crippen LogP contribution in [0.1, 0.15) is 10.4 Å². The molecule has 8 nitrogen and oxygen atoms in total. The highest BCUT2D eigenvalue weighted by molar-refractivity contribution is 5.95. The molecule has 9 heteroatoms. The number of non-ortho nitro benzene ring substituents is 1. The molecule has 0 radical (unpaired) electrons. The highest BCUT2D eigenvalue weighted by atomic mass is 19.1. The van der Waals surface area contributed by atoms with Crippen molar-refractivity contribution in [2.45, 2.75) is 0 Å². The first-order chi connectivity index (χ1) is 11.5. The van der Waals surface area contributed by atoms with Crippen LogP contribution in [-0.2, 0) is 4.79 Å². The lowest BCUT2D eigenvalue weighted by Crippen LogP contribution is -2.43. The van der Waals surface area contributed by atoms with Gasteiger partial charge in [0.05, 0.1) is 4.92 Å². The molecule has 0 aliphatic heterocycles. The van der Waals surface area contributed by atoms with Gasteiger partial charge in [0.2, 0.25) is 0 Å². The maximum atomic E-state index is 12.7. The van der Waals surface area contributed by atoms with Gasteiger partial charge in [-0.3, -0.25) is 30.6 Å². The van der Waals surface area contributed by atoms with Gasteiger partial charge >= 0.3 is 0 Å². The van der Waals surface area contributed by atoms with E-state index in [4.69, 9.17) is 4.74 Å². The lowest BCUT2D eigenvalue weighted by Gasteiger charge is -2.08. The Labute approximate surface area is 135 Å². The summed E-state index contributed by atoms with van der Waals surface area (Å²) in [4.78, 5) is 33.2. The Hall–Kier alpha value is -3.49. The molecule has 124 valence electrons. The van der Waals surface area contributed by atoms with Crippen molar-refractivity contribution in [1.29, 1.82) is 0 Å². The van der Waals surface area contributed by atoms with Crippen molar-refractivity contribution in [3.63, 3.8) is 0 Å². The summed E-state index contributed by atoms with van der Waals surface area (Å²) in [5, 5.41) is 10.5. The Morgan fingerprint density at radius 2 is 1.67 bits per heavy atom. The summed E-state index contributed by atoms with van der Waals surface area (Å²) < 4.78 is 17.9. The molecule has 0 saturated carbocycles. The Morgan fingerprint density at radius 1 is 1.04 bits per heavy atom. The van der Waals surface area contributed by atoms with Gasteiger partial charge in [0.15, 0.2) is 6.61 Å². The molecule has 0 aliphatic rings. The Kier molecular flexibility index (Phi) is 5.40. The number of hydrazine groups is 1. The van der Waals surface area contributed by atoms with Crippen LogP contribution in [0.25, 0.3) is 0 Å². The fraction of sp³-hybridized carbons (Fsp3) is 0.0667. The van der Waals surface area contributed by atoms with Gasteiger partial charge in [-0.05, 0) is 36.4 Å². The zero-order chi connectivity index (χ0) is 17.5. The fourth-order valence-electron chi connectivity index (χ4n) is 1.65. The lowest BCUT2D eigenvalue weighted by atomic mass is 10.2. The molecule has 24 heavy (non-hydrogen) atoms. The van der Waals surface area contributed by atoms with Crippen LogP contribution >= 0.6 is 0 Å². The number of nitrogens with zero attached hydrogens (tertiary/aromatic N) is 1. The van der Waals surface area contributed by atoms with Crippen LogP contribution in [0.5, 0.6) is 5.75 Å². The molecular weight excluding hydrogens is 321 g/mol. The van der Waals surface area contributed by atoms with Crippen LogP contribution in [0.2, 0.25) is 0 Å². The van der Waals surface area contributed by atoms with Crippen LogP contribution in [0.15, 0.2) is 48.5 Å². The number of carbonyl (C=O) groups is 2. The summed E-state index contributed by atoms with van der Waals surface area (Å²) in [6, 6.07) is 9.95. The quantitative estimate of drug-likeness (QED) is 0.637. The first-order valence-corrected chi connectivity index (χ1v) is 6.68. The van der Waals surface area contributed by atoms with E-state index >= 15 is 0 Å².